The monoisotopic (exact) mass is 955 g/mol. The van der Waals surface area contributed by atoms with Gasteiger partial charge in [0.25, 0.3) is 0 Å². The number of hydrogen-bond acceptors (Lipinski definition) is 2. The van der Waals surface area contributed by atoms with Gasteiger partial charge in [0.15, 0.2) is 0 Å². The zero-order valence-corrected chi connectivity index (χ0v) is 41.4. The molecule has 0 amide bonds. The Morgan fingerprint density at radius 3 is 1.17 bits per heavy atom. The summed E-state index contributed by atoms with van der Waals surface area (Å²) >= 11 is 0. The number of fused-ring (bicyclic) bond motifs is 5. The molecule has 0 aliphatic rings. The lowest BCUT2D eigenvalue weighted by Gasteiger charge is -2.26. The van der Waals surface area contributed by atoms with Gasteiger partial charge in [-0.05, 0) is 161 Å². The summed E-state index contributed by atoms with van der Waals surface area (Å²) in [5.41, 5.74) is 18.4. The summed E-state index contributed by atoms with van der Waals surface area (Å²) in [4.78, 5) is 7.52. The molecule has 0 bridgehead atoms. The summed E-state index contributed by atoms with van der Waals surface area (Å²) < 4.78 is 2.27. The molecule has 0 N–H and O–H groups in total. The van der Waals surface area contributed by atoms with Crippen molar-refractivity contribution in [2.24, 2.45) is 0 Å². The van der Waals surface area contributed by atoms with Crippen LogP contribution in [0.15, 0.2) is 279 Å². The second-order valence-corrected chi connectivity index (χ2v) is 19.5. The van der Waals surface area contributed by atoms with Gasteiger partial charge in [-0.3, -0.25) is 4.57 Å². The Labute approximate surface area is 436 Å². The van der Waals surface area contributed by atoms with Crippen LogP contribution in [0.1, 0.15) is 5.56 Å². The van der Waals surface area contributed by atoms with Crippen LogP contribution in [0.2, 0.25) is 0 Å². The van der Waals surface area contributed by atoms with Gasteiger partial charge in [-0.2, -0.15) is 0 Å². The zero-order valence-electron chi connectivity index (χ0n) is 41.4. The van der Waals surface area contributed by atoms with Gasteiger partial charge >= 0.3 is 0 Å². The minimum Gasteiger partial charge on any atom is -0.311 e. The van der Waals surface area contributed by atoms with E-state index in [0.717, 1.165) is 50.7 Å². The fourth-order valence-corrected chi connectivity index (χ4v) is 11.6. The molecule has 75 heavy (non-hydrogen) atoms. The second-order valence-electron chi connectivity index (χ2n) is 19.5. The van der Waals surface area contributed by atoms with E-state index in [2.05, 4.69) is 295 Å². The first-order valence-corrected chi connectivity index (χ1v) is 25.8. The highest BCUT2D eigenvalue weighted by atomic mass is 15.1. The summed E-state index contributed by atoms with van der Waals surface area (Å²) in [6, 6.07) is 102. The van der Waals surface area contributed by atoms with Crippen molar-refractivity contribution in [1.29, 1.82) is 0 Å². The van der Waals surface area contributed by atoms with Crippen LogP contribution in [0, 0.1) is 6.92 Å². The third-order valence-corrected chi connectivity index (χ3v) is 15.0. The number of imidazole rings is 1. The van der Waals surface area contributed by atoms with Gasteiger partial charge in [0.05, 0.1) is 11.0 Å². The molecule has 0 radical (unpaired) electrons. The minimum atomic E-state index is 0.922. The molecule has 0 aliphatic carbocycles. The van der Waals surface area contributed by atoms with Crippen LogP contribution < -0.4 is 4.90 Å². The number of hydrogen-bond donors (Lipinski definition) is 0. The molecular formula is C72H49N3. The Balaban J connectivity index is 0.964. The lowest BCUT2D eigenvalue weighted by molar-refractivity contribution is 1.10. The number of aromatic nitrogens is 2. The first-order chi connectivity index (χ1) is 37.1. The van der Waals surface area contributed by atoms with E-state index in [9.17, 15) is 0 Å². The zero-order chi connectivity index (χ0) is 49.8. The molecule has 0 saturated heterocycles. The van der Waals surface area contributed by atoms with Crippen LogP contribution in [-0.4, -0.2) is 9.55 Å². The Hall–Kier alpha value is -9.83. The van der Waals surface area contributed by atoms with Gasteiger partial charge in [-0.15, -0.1) is 0 Å². The molecule has 14 rings (SSSR count). The van der Waals surface area contributed by atoms with Gasteiger partial charge in [-0.25, -0.2) is 4.98 Å². The summed E-state index contributed by atoms with van der Waals surface area (Å²) in [5, 5.41) is 9.76. The van der Waals surface area contributed by atoms with Crippen LogP contribution >= 0.6 is 0 Å². The van der Waals surface area contributed by atoms with Gasteiger partial charge < -0.3 is 4.90 Å². The fraction of sp³-hybridized carbons (Fsp3) is 0.0139. The van der Waals surface area contributed by atoms with Crippen molar-refractivity contribution in [1.82, 2.24) is 9.55 Å². The van der Waals surface area contributed by atoms with E-state index in [1.807, 2.05) is 0 Å². The number of anilines is 3. The summed E-state index contributed by atoms with van der Waals surface area (Å²) in [7, 11) is 0. The lowest BCUT2D eigenvalue weighted by Crippen LogP contribution is -2.09. The standard InChI is InChI=1S/C72H49N3/c1-48-33-35-49(36-34-48)69-58-25-11-14-28-61(58)70(51-41-44-57(45-42-51)74(54-19-5-2-6-20-54)55-21-7-3-8-22-55)65-47-53(43-46-64(65)69)71-62-29-15-12-26-59(62)68(60-27-13-16-30-63(60)71)50-37-39-52(40-38-50)72-73-66-31-17-18-32-67(66)75(72)56-23-9-4-10-24-56/h2-47H,1H3. The molecule has 352 valence electrons. The molecule has 13 aromatic carbocycles. The smallest absolute Gasteiger partial charge is 0.145 e. The fourth-order valence-electron chi connectivity index (χ4n) is 11.6. The average Bonchev–Trinajstić information content (AvgIpc) is 3.87. The van der Waals surface area contributed by atoms with Crippen molar-refractivity contribution in [2.75, 3.05) is 4.90 Å². The third kappa shape index (κ3) is 7.56. The highest BCUT2D eigenvalue weighted by Gasteiger charge is 2.22. The van der Waals surface area contributed by atoms with E-state index in [1.165, 1.54) is 87.6 Å². The molecule has 0 aliphatic heterocycles. The van der Waals surface area contributed by atoms with E-state index < -0.39 is 0 Å². The van der Waals surface area contributed by atoms with Gasteiger partial charge in [-0.1, -0.05) is 218 Å². The second kappa shape index (κ2) is 18.3. The van der Waals surface area contributed by atoms with Gasteiger partial charge in [0, 0.05) is 28.3 Å². The largest absolute Gasteiger partial charge is 0.311 e. The summed E-state index contributed by atoms with van der Waals surface area (Å²) in [6.07, 6.45) is 0. The van der Waals surface area contributed by atoms with Crippen LogP contribution in [0.25, 0.3) is 116 Å². The molecule has 14 aromatic rings. The van der Waals surface area contributed by atoms with Crippen LogP contribution in [0.5, 0.6) is 0 Å². The molecule has 0 spiro atoms. The number of rotatable bonds is 9. The number of para-hydroxylation sites is 5. The van der Waals surface area contributed by atoms with Crippen LogP contribution in [0.4, 0.5) is 17.1 Å². The maximum absolute atomic E-state index is 5.19. The van der Waals surface area contributed by atoms with Crippen molar-refractivity contribution < 1.29 is 0 Å². The predicted molar refractivity (Wildman–Crippen MR) is 318 cm³/mol. The van der Waals surface area contributed by atoms with E-state index in [0.29, 0.717) is 0 Å². The van der Waals surface area contributed by atoms with Crippen molar-refractivity contribution in [3.05, 3.63) is 285 Å². The molecular weight excluding hydrogens is 907 g/mol. The molecule has 0 unspecified atom stereocenters. The highest BCUT2D eigenvalue weighted by molar-refractivity contribution is 6.25. The van der Waals surface area contributed by atoms with Crippen molar-refractivity contribution >= 4 is 71.2 Å². The topological polar surface area (TPSA) is 21.1 Å². The number of benzene rings is 13. The molecule has 0 saturated carbocycles. The SMILES string of the molecule is Cc1ccc(-c2c3ccccc3c(-c3ccc(N(c4ccccc4)c4ccccc4)cc3)c3cc(-c4c5ccccc5c(-c5ccc(-c6nc7ccccc7n6-c6ccccc6)cc5)c5ccccc45)ccc23)cc1. The first-order valence-electron chi connectivity index (χ1n) is 25.8. The first kappa shape index (κ1) is 43.9. The van der Waals surface area contributed by atoms with Crippen molar-refractivity contribution in [3.8, 4) is 61.6 Å². The molecule has 0 fully saturated rings. The van der Waals surface area contributed by atoms with Gasteiger partial charge in [0.2, 0.25) is 0 Å². The quantitative estimate of drug-likeness (QED) is 0.134. The Bertz CT molecular complexity index is 4330. The number of nitrogens with zero attached hydrogens (tertiary/aromatic N) is 3. The van der Waals surface area contributed by atoms with Crippen molar-refractivity contribution in [2.45, 2.75) is 6.92 Å². The molecule has 1 heterocycles. The van der Waals surface area contributed by atoms with E-state index in [-0.39, 0.29) is 0 Å². The normalized spacial score (nSPS) is 11.5. The van der Waals surface area contributed by atoms with E-state index in [1.54, 1.807) is 0 Å². The Morgan fingerprint density at radius 2 is 0.653 bits per heavy atom. The maximum Gasteiger partial charge on any atom is 0.145 e. The van der Waals surface area contributed by atoms with E-state index in [4.69, 9.17) is 4.98 Å². The predicted octanol–water partition coefficient (Wildman–Crippen LogP) is 19.8. The highest BCUT2D eigenvalue weighted by Crippen LogP contribution is 2.49. The maximum atomic E-state index is 5.19. The van der Waals surface area contributed by atoms with Gasteiger partial charge in [0.1, 0.15) is 5.82 Å². The summed E-state index contributed by atoms with van der Waals surface area (Å²) in [6.45, 7) is 2.16. The Morgan fingerprint density at radius 1 is 0.293 bits per heavy atom. The van der Waals surface area contributed by atoms with Crippen LogP contribution in [0.3, 0.4) is 0 Å². The minimum absolute atomic E-state index is 0.922. The summed E-state index contributed by atoms with van der Waals surface area (Å²) in [5.74, 6) is 0.922. The molecule has 1 aromatic heterocycles. The van der Waals surface area contributed by atoms with Crippen molar-refractivity contribution in [3.63, 3.8) is 0 Å². The Kier molecular flexibility index (Phi) is 10.7. The average molecular weight is 956 g/mol. The molecule has 3 nitrogen and oxygen atoms in total. The van der Waals surface area contributed by atoms with E-state index >= 15 is 0 Å². The third-order valence-electron chi connectivity index (χ3n) is 15.0. The molecule has 3 heteroatoms. The molecule has 0 atom stereocenters. The number of aryl methyl sites for hydroxylation is 1. The van der Waals surface area contributed by atoms with Crippen LogP contribution in [-0.2, 0) is 0 Å². The lowest BCUT2D eigenvalue weighted by atomic mass is 9.82.